The average Bonchev–Trinajstić information content (AvgIpc) is 2.36. The number of sulfonamides is 1. The van der Waals surface area contributed by atoms with Crippen molar-refractivity contribution < 1.29 is 27.9 Å². The molecule has 0 unspecified atom stereocenters. The van der Waals surface area contributed by atoms with Gasteiger partial charge in [-0.05, 0) is 18.2 Å². The van der Waals surface area contributed by atoms with Gasteiger partial charge in [0.25, 0.3) is 0 Å². The molecule has 0 saturated carbocycles. The molecule has 0 aliphatic carbocycles. The van der Waals surface area contributed by atoms with E-state index in [4.69, 9.17) is 28.3 Å². The van der Waals surface area contributed by atoms with Gasteiger partial charge in [-0.25, -0.2) is 8.42 Å². The molecular weight excluding hydrogens is 345 g/mol. The fourth-order valence-corrected chi connectivity index (χ4v) is 3.28. The second-order valence-electron chi connectivity index (χ2n) is 3.90. The summed E-state index contributed by atoms with van der Waals surface area (Å²) in [7, 11) is -3.15. The molecule has 7 nitrogen and oxygen atoms in total. The van der Waals surface area contributed by atoms with Crippen LogP contribution in [0.3, 0.4) is 0 Å². The van der Waals surface area contributed by atoms with Crippen LogP contribution in [0.25, 0.3) is 0 Å². The number of hydrogen-bond donors (Lipinski definition) is 2. The molecular formula is C11H11Cl2NO6S. The van der Waals surface area contributed by atoms with Gasteiger partial charge in [0.2, 0.25) is 10.0 Å². The molecule has 1 aromatic carbocycles. The van der Waals surface area contributed by atoms with Crippen LogP contribution in [0.15, 0.2) is 23.1 Å². The molecule has 2 N–H and O–H groups in total. The summed E-state index contributed by atoms with van der Waals surface area (Å²) in [5, 5.41) is 9.09. The highest BCUT2D eigenvalue weighted by atomic mass is 35.5. The maximum absolute atomic E-state index is 12.1. The van der Waals surface area contributed by atoms with Crippen LogP contribution in [-0.2, 0) is 24.3 Å². The third-order valence-electron chi connectivity index (χ3n) is 2.34. The topological polar surface area (TPSA) is 110 Å². The zero-order valence-corrected chi connectivity index (χ0v) is 13.0. The van der Waals surface area contributed by atoms with Gasteiger partial charge in [0.1, 0.15) is 6.04 Å². The minimum Gasteiger partial charge on any atom is -0.480 e. The van der Waals surface area contributed by atoms with Crippen molar-refractivity contribution in [2.24, 2.45) is 0 Å². The van der Waals surface area contributed by atoms with Crippen LogP contribution in [0, 0.1) is 0 Å². The van der Waals surface area contributed by atoms with Crippen molar-refractivity contribution in [3.63, 3.8) is 0 Å². The van der Waals surface area contributed by atoms with Gasteiger partial charge in [0, 0.05) is 10.0 Å². The van der Waals surface area contributed by atoms with Crippen molar-refractivity contribution in [2.45, 2.75) is 17.4 Å². The lowest BCUT2D eigenvalue weighted by molar-refractivity contribution is -0.147. The van der Waals surface area contributed by atoms with Gasteiger partial charge in [0.15, 0.2) is 0 Å². The number of carbonyl (C=O) groups excluding carboxylic acids is 1. The smallest absolute Gasteiger partial charge is 0.322 e. The Kier molecular flexibility index (Phi) is 5.97. The SMILES string of the molecule is COC(=O)C[C@H](NS(=O)(=O)c1cc(Cl)cc(Cl)c1)C(=O)O. The lowest BCUT2D eigenvalue weighted by Crippen LogP contribution is -2.42. The summed E-state index contributed by atoms with van der Waals surface area (Å²) in [6.07, 6.45) is -0.653. The number of aliphatic carboxylic acids is 1. The fourth-order valence-electron chi connectivity index (χ4n) is 1.37. The number of carboxylic acid groups (broad SMARTS) is 1. The van der Waals surface area contributed by atoms with Gasteiger partial charge in [-0.1, -0.05) is 23.2 Å². The minimum absolute atomic E-state index is 0.0720. The van der Waals surface area contributed by atoms with E-state index in [0.717, 1.165) is 19.2 Å². The molecule has 1 aromatic rings. The van der Waals surface area contributed by atoms with Crippen LogP contribution in [-0.4, -0.2) is 38.6 Å². The first-order valence-electron chi connectivity index (χ1n) is 5.43. The van der Waals surface area contributed by atoms with Crippen molar-refractivity contribution in [2.75, 3.05) is 7.11 Å². The van der Waals surface area contributed by atoms with Crippen molar-refractivity contribution in [3.05, 3.63) is 28.2 Å². The first kappa shape index (κ1) is 17.7. The largest absolute Gasteiger partial charge is 0.480 e. The highest BCUT2D eigenvalue weighted by molar-refractivity contribution is 7.89. The second kappa shape index (κ2) is 7.08. The average molecular weight is 356 g/mol. The molecule has 10 heteroatoms. The monoisotopic (exact) mass is 355 g/mol. The van der Waals surface area contributed by atoms with Crippen LogP contribution in [0.5, 0.6) is 0 Å². The number of halogens is 2. The predicted octanol–water partition coefficient (Wildman–Crippen LogP) is 1.29. The molecule has 0 spiro atoms. The number of carboxylic acids is 1. The van der Waals surface area contributed by atoms with Crippen LogP contribution in [0.4, 0.5) is 0 Å². The van der Waals surface area contributed by atoms with E-state index in [0.29, 0.717) is 0 Å². The van der Waals surface area contributed by atoms with Gasteiger partial charge in [0.05, 0.1) is 18.4 Å². The zero-order valence-electron chi connectivity index (χ0n) is 10.7. The molecule has 0 aromatic heterocycles. The second-order valence-corrected chi connectivity index (χ2v) is 6.48. The molecule has 0 amide bonds. The molecule has 1 rings (SSSR count). The van der Waals surface area contributed by atoms with E-state index < -0.39 is 34.4 Å². The Labute approximate surface area is 130 Å². The van der Waals surface area contributed by atoms with Crippen LogP contribution >= 0.6 is 23.2 Å². The van der Waals surface area contributed by atoms with Crippen LogP contribution in [0.2, 0.25) is 10.0 Å². The van der Waals surface area contributed by atoms with E-state index in [9.17, 15) is 18.0 Å². The summed E-state index contributed by atoms with van der Waals surface area (Å²) in [6.45, 7) is 0. The van der Waals surface area contributed by atoms with Gasteiger partial charge < -0.3 is 9.84 Å². The molecule has 21 heavy (non-hydrogen) atoms. The number of methoxy groups -OCH3 is 1. The van der Waals surface area contributed by atoms with E-state index in [1.54, 1.807) is 0 Å². The third kappa shape index (κ3) is 5.16. The maximum atomic E-state index is 12.1. The van der Waals surface area contributed by atoms with Gasteiger partial charge >= 0.3 is 11.9 Å². The summed E-state index contributed by atoms with van der Waals surface area (Å²) in [5.74, 6) is -2.38. The number of rotatable bonds is 6. The summed E-state index contributed by atoms with van der Waals surface area (Å²) < 4.78 is 30.3. The maximum Gasteiger partial charge on any atom is 0.322 e. The summed E-state index contributed by atoms with van der Waals surface area (Å²) in [5.41, 5.74) is 0. The number of ether oxygens (including phenoxy) is 1. The highest BCUT2D eigenvalue weighted by Gasteiger charge is 2.28. The molecule has 0 saturated heterocycles. The van der Waals surface area contributed by atoms with Gasteiger partial charge in [-0.3, -0.25) is 9.59 Å². The van der Waals surface area contributed by atoms with E-state index >= 15 is 0 Å². The third-order valence-corrected chi connectivity index (χ3v) is 4.23. The molecule has 0 fully saturated rings. The Morgan fingerprint density at radius 1 is 1.29 bits per heavy atom. The predicted molar refractivity (Wildman–Crippen MR) is 74.8 cm³/mol. The number of carbonyl (C=O) groups is 2. The number of hydrogen-bond acceptors (Lipinski definition) is 5. The molecule has 0 radical (unpaired) electrons. The van der Waals surface area contributed by atoms with E-state index in [1.165, 1.54) is 6.07 Å². The van der Waals surface area contributed by atoms with Crippen LogP contribution in [0.1, 0.15) is 6.42 Å². The molecule has 0 heterocycles. The van der Waals surface area contributed by atoms with Crippen molar-refractivity contribution in [3.8, 4) is 0 Å². The Balaban J connectivity index is 3.06. The van der Waals surface area contributed by atoms with Crippen LogP contribution < -0.4 is 4.72 Å². The van der Waals surface area contributed by atoms with Crippen molar-refractivity contribution in [1.29, 1.82) is 0 Å². The first-order chi connectivity index (χ1) is 9.65. The van der Waals surface area contributed by atoms with E-state index in [-0.39, 0.29) is 14.9 Å². The fraction of sp³-hybridized carbons (Fsp3) is 0.273. The minimum atomic E-state index is -4.21. The number of esters is 1. The molecule has 116 valence electrons. The zero-order chi connectivity index (χ0) is 16.2. The quantitative estimate of drug-likeness (QED) is 0.744. The van der Waals surface area contributed by atoms with E-state index in [1.807, 2.05) is 4.72 Å². The summed E-state index contributed by atoms with van der Waals surface area (Å²) in [4.78, 5) is 21.8. The lowest BCUT2D eigenvalue weighted by atomic mass is 10.2. The summed E-state index contributed by atoms with van der Waals surface area (Å²) >= 11 is 11.4. The molecule has 0 aliphatic heterocycles. The number of nitrogens with one attached hydrogen (secondary N) is 1. The van der Waals surface area contributed by atoms with Crippen molar-refractivity contribution >= 4 is 45.2 Å². The Bertz CT molecular complexity index is 640. The molecule has 0 bridgehead atoms. The Morgan fingerprint density at radius 3 is 2.24 bits per heavy atom. The first-order valence-corrected chi connectivity index (χ1v) is 7.67. The number of benzene rings is 1. The lowest BCUT2D eigenvalue weighted by Gasteiger charge is -2.14. The Hall–Kier alpha value is -1.35. The van der Waals surface area contributed by atoms with Gasteiger partial charge in [-0.2, -0.15) is 4.72 Å². The van der Waals surface area contributed by atoms with Gasteiger partial charge in [-0.15, -0.1) is 0 Å². The van der Waals surface area contributed by atoms with Crippen molar-refractivity contribution in [1.82, 2.24) is 4.72 Å². The summed E-state index contributed by atoms with van der Waals surface area (Å²) in [6, 6.07) is 1.87. The normalized spacial score (nSPS) is 12.7. The van der Waals surface area contributed by atoms with E-state index in [2.05, 4.69) is 4.74 Å². The molecule has 1 atom stereocenters. The highest BCUT2D eigenvalue weighted by Crippen LogP contribution is 2.22. The molecule has 0 aliphatic rings. The Morgan fingerprint density at radius 2 is 1.81 bits per heavy atom. The standard InChI is InChI=1S/C11H11Cl2NO6S/c1-20-10(15)5-9(11(16)17)14-21(18,19)8-3-6(12)2-7(13)4-8/h2-4,9,14H,5H2,1H3,(H,16,17)/t9-/m0/s1.